The molecule has 1 heteroatoms. The molecule has 13 heavy (non-hydrogen) atoms. The number of benzene rings is 1. The van der Waals surface area contributed by atoms with Gasteiger partial charge < -0.3 is 0 Å². The molecule has 0 aromatic heterocycles. The van der Waals surface area contributed by atoms with E-state index in [1.807, 2.05) is 19.1 Å². The summed E-state index contributed by atoms with van der Waals surface area (Å²) in [5.41, 5.74) is 4.25. The van der Waals surface area contributed by atoms with E-state index in [0.29, 0.717) is 0 Å². The van der Waals surface area contributed by atoms with E-state index >= 15 is 0 Å². The van der Waals surface area contributed by atoms with Crippen LogP contribution in [0.4, 0.5) is 5.69 Å². The van der Waals surface area contributed by atoms with Gasteiger partial charge in [0.25, 0.3) is 0 Å². The normalized spacial score (nSPS) is 8.77. The molecule has 0 unspecified atom stereocenters. The lowest BCUT2D eigenvalue weighted by Crippen LogP contribution is -1.81. The van der Waals surface area contributed by atoms with Crippen LogP contribution in [0.15, 0.2) is 29.8 Å². The van der Waals surface area contributed by atoms with Gasteiger partial charge in [-0.15, -0.1) is 0 Å². The van der Waals surface area contributed by atoms with Crippen LogP contribution in [0.5, 0.6) is 0 Å². The average Bonchev–Trinajstić information content (AvgIpc) is 2.04. The summed E-state index contributed by atoms with van der Waals surface area (Å²) in [6.07, 6.45) is 0. The van der Waals surface area contributed by atoms with E-state index in [9.17, 15) is 0 Å². The molecule has 0 aliphatic heterocycles. The van der Waals surface area contributed by atoms with Gasteiger partial charge in [0, 0.05) is 5.56 Å². The quantitative estimate of drug-likeness (QED) is 0.602. The fourth-order valence-electron chi connectivity index (χ4n) is 1.13. The molecule has 70 valence electrons. The van der Waals surface area contributed by atoms with E-state index in [-0.39, 0.29) is 7.43 Å². The van der Waals surface area contributed by atoms with Crippen LogP contribution in [-0.4, -0.2) is 6.72 Å². The van der Waals surface area contributed by atoms with Crippen molar-refractivity contribution in [3.8, 4) is 0 Å². The van der Waals surface area contributed by atoms with Crippen LogP contribution >= 0.6 is 0 Å². The summed E-state index contributed by atoms with van der Waals surface area (Å²) in [7, 11) is 0. The lowest BCUT2D eigenvalue weighted by molar-refractivity contribution is 1.41. The molecule has 0 aliphatic carbocycles. The number of aliphatic imine (C=N–C) groups is 1. The SMILES string of the molecule is C.C=Nc1ccc(C)cc1C(=C)C. The van der Waals surface area contributed by atoms with Gasteiger partial charge in [0.15, 0.2) is 0 Å². The molecule has 0 bridgehead atoms. The average molecular weight is 175 g/mol. The molecule has 0 fully saturated rings. The summed E-state index contributed by atoms with van der Waals surface area (Å²) >= 11 is 0. The van der Waals surface area contributed by atoms with Gasteiger partial charge in [-0.25, -0.2) is 0 Å². The van der Waals surface area contributed by atoms with Crippen molar-refractivity contribution in [2.75, 3.05) is 0 Å². The van der Waals surface area contributed by atoms with Crippen molar-refractivity contribution in [2.45, 2.75) is 21.3 Å². The van der Waals surface area contributed by atoms with Crippen LogP contribution < -0.4 is 0 Å². The minimum atomic E-state index is 0. The van der Waals surface area contributed by atoms with Gasteiger partial charge in [0.1, 0.15) is 0 Å². The summed E-state index contributed by atoms with van der Waals surface area (Å²) in [6.45, 7) is 11.4. The predicted octanol–water partition coefficient (Wildman–Crippen LogP) is 4.00. The van der Waals surface area contributed by atoms with Gasteiger partial charge in [-0.2, -0.15) is 0 Å². The van der Waals surface area contributed by atoms with E-state index in [0.717, 1.165) is 16.8 Å². The van der Waals surface area contributed by atoms with E-state index in [1.165, 1.54) is 5.56 Å². The molecule has 0 N–H and O–H groups in total. The molecule has 0 saturated heterocycles. The Morgan fingerprint density at radius 2 is 2.00 bits per heavy atom. The third-order valence-electron chi connectivity index (χ3n) is 1.78. The highest BCUT2D eigenvalue weighted by Gasteiger charge is 2.00. The fraction of sp³-hybridized carbons (Fsp3) is 0.250. The molecule has 0 spiro atoms. The van der Waals surface area contributed by atoms with Crippen molar-refractivity contribution in [3.63, 3.8) is 0 Å². The molecule has 1 nitrogen and oxygen atoms in total. The fourth-order valence-corrected chi connectivity index (χ4v) is 1.13. The van der Waals surface area contributed by atoms with E-state index < -0.39 is 0 Å². The molecule has 0 atom stereocenters. The topological polar surface area (TPSA) is 12.4 Å². The first-order valence-corrected chi connectivity index (χ1v) is 3.88. The number of aryl methyl sites for hydroxylation is 1. The minimum absolute atomic E-state index is 0. The second-order valence-electron chi connectivity index (χ2n) is 2.96. The van der Waals surface area contributed by atoms with Crippen molar-refractivity contribution in [1.29, 1.82) is 0 Å². The van der Waals surface area contributed by atoms with E-state index in [1.54, 1.807) is 0 Å². The minimum Gasteiger partial charge on any atom is -0.264 e. The van der Waals surface area contributed by atoms with Gasteiger partial charge in [0.2, 0.25) is 0 Å². The Labute approximate surface area is 80.8 Å². The van der Waals surface area contributed by atoms with E-state index in [2.05, 4.69) is 31.3 Å². The lowest BCUT2D eigenvalue weighted by Gasteiger charge is -2.04. The second-order valence-corrected chi connectivity index (χ2v) is 2.96. The monoisotopic (exact) mass is 175 g/mol. The van der Waals surface area contributed by atoms with Gasteiger partial charge in [-0.05, 0) is 38.3 Å². The molecule has 0 aliphatic rings. The van der Waals surface area contributed by atoms with Crippen LogP contribution in [0.3, 0.4) is 0 Å². The Balaban J connectivity index is 0.00000144. The summed E-state index contributed by atoms with van der Waals surface area (Å²) < 4.78 is 0. The molecule has 1 aromatic carbocycles. The van der Waals surface area contributed by atoms with Crippen molar-refractivity contribution in [2.24, 2.45) is 4.99 Å². The Morgan fingerprint density at radius 3 is 2.46 bits per heavy atom. The lowest BCUT2D eigenvalue weighted by atomic mass is 10.0. The summed E-state index contributed by atoms with van der Waals surface area (Å²) in [5.74, 6) is 0. The first kappa shape index (κ1) is 11.6. The van der Waals surface area contributed by atoms with Crippen LogP contribution in [0, 0.1) is 6.92 Å². The first-order valence-electron chi connectivity index (χ1n) is 3.88. The summed E-state index contributed by atoms with van der Waals surface area (Å²) in [4.78, 5) is 3.92. The smallest absolute Gasteiger partial charge is 0.0697 e. The molecule has 0 heterocycles. The third-order valence-corrected chi connectivity index (χ3v) is 1.78. The molecule has 0 radical (unpaired) electrons. The molecule has 1 rings (SSSR count). The van der Waals surface area contributed by atoms with Crippen LogP contribution in [0.25, 0.3) is 5.57 Å². The van der Waals surface area contributed by atoms with Crippen LogP contribution in [0.2, 0.25) is 0 Å². The molecule has 0 amide bonds. The molecular weight excluding hydrogens is 158 g/mol. The van der Waals surface area contributed by atoms with Crippen LogP contribution in [0.1, 0.15) is 25.5 Å². The number of nitrogens with zero attached hydrogens (tertiary/aromatic N) is 1. The van der Waals surface area contributed by atoms with Crippen molar-refractivity contribution in [3.05, 3.63) is 35.9 Å². The van der Waals surface area contributed by atoms with Crippen molar-refractivity contribution >= 4 is 18.0 Å². The molecule has 1 aromatic rings. The Hall–Kier alpha value is -1.37. The van der Waals surface area contributed by atoms with Crippen molar-refractivity contribution in [1.82, 2.24) is 0 Å². The maximum atomic E-state index is 3.92. The Morgan fingerprint density at radius 1 is 1.38 bits per heavy atom. The number of hydrogen-bond donors (Lipinski definition) is 0. The zero-order valence-corrected chi connectivity index (χ0v) is 7.59. The summed E-state index contributed by atoms with van der Waals surface area (Å²) in [5, 5.41) is 0. The Kier molecular flexibility index (Phi) is 4.12. The van der Waals surface area contributed by atoms with E-state index in [4.69, 9.17) is 0 Å². The van der Waals surface area contributed by atoms with Gasteiger partial charge in [-0.1, -0.05) is 25.6 Å². The number of rotatable bonds is 2. The highest BCUT2D eigenvalue weighted by atomic mass is 14.7. The Bertz CT molecular complexity index is 324. The van der Waals surface area contributed by atoms with Gasteiger partial charge in [0.05, 0.1) is 5.69 Å². The highest BCUT2D eigenvalue weighted by Crippen LogP contribution is 2.25. The maximum Gasteiger partial charge on any atom is 0.0697 e. The van der Waals surface area contributed by atoms with Crippen molar-refractivity contribution < 1.29 is 0 Å². The van der Waals surface area contributed by atoms with Crippen LogP contribution in [-0.2, 0) is 0 Å². The molecular formula is C12H17N. The number of hydrogen-bond acceptors (Lipinski definition) is 1. The zero-order valence-electron chi connectivity index (χ0n) is 7.59. The summed E-state index contributed by atoms with van der Waals surface area (Å²) in [6, 6.07) is 6.06. The van der Waals surface area contributed by atoms with Gasteiger partial charge in [-0.3, -0.25) is 4.99 Å². The first-order chi connectivity index (χ1) is 5.65. The standard InChI is InChI=1S/C11H13N.CH4/c1-8(2)10-7-9(3)5-6-11(10)12-4;/h5-7H,1,4H2,2-3H3;1H4. The zero-order chi connectivity index (χ0) is 9.14. The second kappa shape index (κ2) is 4.61. The predicted molar refractivity (Wildman–Crippen MR) is 61.8 cm³/mol. The highest BCUT2D eigenvalue weighted by molar-refractivity contribution is 5.73. The largest absolute Gasteiger partial charge is 0.264 e. The maximum absolute atomic E-state index is 3.92. The molecule has 0 saturated carbocycles. The number of allylic oxidation sites excluding steroid dienone is 1. The van der Waals surface area contributed by atoms with Gasteiger partial charge >= 0.3 is 0 Å². The third kappa shape index (κ3) is 2.55.